The van der Waals surface area contributed by atoms with Crippen LogP contribution in [0.3, 0.4) is 0 Å². The molecule has 0 radical (unpaired) electrons. The summed E-state index contributed by atoms with van der Waals surface area (Å²) in [5, 5.41) is 3.07. The number of nitrogens with zero attached hydrogens (tertiary/aromatic N) is 3. The van der Waals surface area contributed by atoms with E-state index in [0.717, 1.165) is 0 Å². The molecule has 0 saturated carbocycles. The third-order valence-electron chi connectivity index (χ3n) is 2.86. The van der Waals surface area contributed by atoms with E-state index in [2.05, 4.69) is 20.3 Å². The number of methoxy groups -OCH3 is 2. The molecule has 124 valence electrons. The van der Waals surface area contributed by atoms with Crippen molar-refractivity contribution in [3.05, 3.63) is 23.5 Å². The van der Waals surface area contributed by atoms with E-state index in [1.807, 2.05) is 6.92 Å². The van der Waals surface area contributed by atoms with Gasteiger partial charge in [0.15, 0.2) is 11.5 Å². The molecule has 0 bridgehead atoms. The third-order valence-corrected chi connectivity index (χ3v) is 3.03. The first kappa shape index (κ1) is 16.9. The monoisotopic (exact) mass is 339 g/mol. The molecule has 23 heavy (non-hydrogen) atoms. The molecule has 2 rings (SSSR count). The molecule has 1 unspecified atom stereocenters. The van der Waals surface area contributed by atoms with Crippen LogP contribution < -0.4 is 25.3 Å². The van der Waals surface area contributed by atoms with Crippen LogP contribution >= 0.6 is 11.6 Å². The molecule has 3 N–H and O–H groups in total. The Morgan fingerprint density at radius 3 is 2.61 bits per heavy atom. The maximum Gasteiger partial charge on any atom is 0.229 e. The van der Waals surface area contributed by atoms with Crippen molar-refractivity contribution in [2.45, 2.75) is 13.0 Å². The SMILES string of the molecule is COc1ccc(OCC(C)Nc2nc(N)nc(Cl)n2)c(OC)c1. The van der Waals surface area contributed by atoms with Gasteiger partial charge in [0.1, 0.15) is 12.4 Å². The average molecular weight is 340 g/mol. The Morgan fingerprint density at radius 2 is 1.96 bits per heavy atom. The third kappa shape index (κ3) is 4.75. The number of hydrogen-bond donors (Lipinski definition) is 2. The molecular formula is C14H18ClN5O3. The summed E-state index contributed by atoms with van der Waals surface area (Å²) in [4.78, 5) is 11.6. The van der Waals surface area contributed by atoms with Gasteiger partial charge in [-0.25, -0.2) is 0 Å². The van der Waals surface area contributed by atoms with Crippen LogP contribution in [0, 0.1) is 0 Å². The van der Waals surface area contributed by atoms with Gasteiger partial charge in [-0.05, 0) is 30.7 Å². The zero-order valence-electron chi connectivity index (χ0n) is 13.0. The quantitative estimate of drug-likeness (QED) is 0.789. The number of hydrogen-bond acceptors (Lipinski definition) is 8. The number of anilines is 2. The summed E-state index contributed by atoms with van der Waals surface area (Å²) < 4.78 is 16.2. The Hall–Kier alpha value is -2.48. The van der Waals surface area contributed by atoms with E-state index in [1.165, 1.54) is 0 Å². The molecule has 1 aromatic carbocycles. The molecule has 0 fully saturated rings. The fraction of sp³-hybridized carbons (Fsp3) is 0.357. The number of ether oxygens (including phenoxy) is 3. The lowest BCUT2D eigenvalue weighted by atomic mass is 10.3. The molecule has 9 heteroatoms. The minimum Gasteiger partial charge on any atom is -0.497 e. The van der Waals surface area contributed by atoms with E-state index in [9.17, 15) is 0 Å². The highest BCUT2D eigenvalue weighted by molar-refractivity contribution is 6.28. The Kier molecular flexibility index (Phi) is 5.64. The molecule has 0 aliphatic rings. The lowest BCUT2D eigenvalue weighted by Gasteiger charge is -2.17. The van der Waals surface area contributed by atoms with Crippen molar-refractivity contribution in [2.24, 2.45) is 0 Å². The highest BCUT2D eigenvalue weighted by atomic mass is 35.5. The predicted octanol–water partition coefficient (Wildman–Crippen LogP) is 2.00. The van der Waals surface area contributed by atoms with Crippen LogP contribution in [0.1, 0.15) is 6.92 Å². The minimum atomic E-state index is -0.0975. The molecule has 0 amide bonds. The van der Waals surface area contributed by atoms with Crippen LogP contribution in [0.5, 0.6) is 17.2 Å². The maximum absolute atomic E-state index is 5.74. The second kappa shape index (κ2) is 7.68. The van der Waals surface area contributed by atoms with Gasteiger partial charge in [-0.3, -0.25) is 0 Å². The summed E-state index contributed by atoms with van der Waals surface area (Å²) in [6, 6.07) is 5.23. The van der Waals surface area contributed by atoms with E-state index >= 15 is 0 Å². The van der Waals surface area contributed by atoms with Crippen LogP contribution in [0.2, 0.25) is 5.28 Å². The van der Waals surface area contributed by atoms with Crippen molar-refractivity contribution in [3.63, 3.8) is 0 Å². The Balaban J connectivity index is 1.97. The first-order valence-electron chi connectivity index (χ1n) is 6.80. The van der Waals surface area contributed by atoms with Crippen LogP contribution in [-0.2, 0) is 0 Å². The summed E-state index contributed by atoms with van der Waals surface area (Å²) in [5.74, 6) is 2.23. The Morgan fingerprint density at radius 1 is 1.17 bits per heavy atom. The van der Waals surface area contributed by atoms with Crippen LogP contribution in [0.15, 0.2) is 18.2 Å². The highest BCUT2D eigenvalue weighted by Crippen LogP contribution is 2.31. The summed E-state index contributed by atoms with van der Waals surface area (Å²) in [7, 11) is 3.16. The van der Waals surface area contributed by atoms with Gasteiger partial charge < -0.3 is 25.3 Å². The lowest BCUT2D eigenvalue weighted by Crippen LogP contribution is -2.25. The average Bonchev–Trinajstić information content (AvgIpc) is 2.51. The van der Waals surface area contributed by atoms with Crippen LogP contribution in [-0.4, -0.2) is 41.8 Å². The molecule has 0 aliphatic carbocycles. The molecule has 1 atom stereocenters. The van der Waals surface area contributed by atoms with Gasteiger partial charge in [0.2, 0.25) is 17.2 Å². The Bertz CT molecular complexity index is 651. The number of nitrogen functional groups attached to an aromatic ring is 1. The van der Waals surface area contributed by atoms with E-state index < -0.39 is 0 Å². The normalized spacial score (nSPS) is 11.7. The van der Waals surface area contributed by atoms with Crippen molar-refractivity contribution in [3.8, 4) is 17.2 Å². The fourth-order valence-electron chi connectivity index (χ4n) is 1.80. The summed E-state index contributed by atoms with van der Waals surface area (Å²) >= 11 is 5.73. The standard InChI is InChI=1S/C14H18ClN5O3/c1-8(17-14-19-12(15)18-13(16)20-14)7-23-10-5-4-9(21-2)6-11(10)22-3/h4-6,8H,7H2,1-3H3,(H3,16,17,18,19,20). The van der Waals surface area contributed by atoms with E-state index in [-0.39, 0.29) is 17.3 Å². The van der Waals surface area contributed by atoms with Gasteiger partial charge >= 0.3 is 0 Å². The van der Waals surface area contributed by atoms with Gasteiger partial charge in [-0.2, -0.15) is 15.0 Å². The Labute approximate surface area is 139 Å². The first-order chi connectivity index (χ1) is 11.0. The van der Waals surface area contributed by atoms with E-state index in [1.54, 1.807) is 32.4 Å². The molecule has 0 aliphatic heterocycles. The molecule has 0 saturated heterocycles. The summed E-state index contributed by atoms with van der Waals surface area (Å²) in [5.41, 5.74) is 5.52. The highest BCUT2D eigenvalue weighted by Gasteiger charge is 2.11. The molecular weight excluding hydrogens is 322 g/mol. The zero-order valence-corrected chi connectivity index (χ0v) is 13.8. The van der Waals surface area contributed by atoms with E-state index in [4.69, 9.17) is 31.5 Å². The van der Waals surface area contributed by atoms with Gasteiger partial charge in [-0.1, -0.05) is 0 Å². The van der Waals surface area contributed by atoms with Crippen molar-refractivity contribution in [1.82, 2.24) is 15.0 Å². The second-order valence-corrected chi connectivity index (χ2v) is 5.00. The van der Waals surface area contributed by atoms with E-state index in [0.29, 0.717) is 29.8 Å². The number of rotatable bonds is 7. The number of nitrogens with two attached hydrogens (primary N) is 1. The fourth-order valence-corrected chi connectivity index (χ4v) is 1.97. The van der Waals surface area contributed by atoms with Gasteiger partial charge in [0.25, 0.3) is 0 Å². The number of nitrogens with one attached hydrogen (secondary N) is 1. The second-order valence-electron chi connectivity index (χ2n) is 4.66. The summed E-state index contributed by atoms with van der Waals surface area (Å²) in [6.45, 7) is 2.26. The lowest BCUT2D eigenvalue weighted by molar-refractivity contribution is 0.282. The predicted molar refractivity (Wildman–Crippen MR) is 87.4 cm³/mol. The molecule has 8 nitrogen and oxygen atoms in total. The number of benzene rings is 1. The summed E-state index contributed by atoms with van der Waals surface area (Å²) in [6.07, 6.45) is 0. The minimum absolute atomic E-state index is 0.0324. The largest absolute Gasteiger partial charge is 0.497 e. The van der Waals surface area contributed by atoms with Crippen LogP contribution in [0.25, 0.3) is 0 Å². The molecule has 0 spiro atoms. The molecule has 2 aromatic rings. The van der Waals surface area contributed by atoms with Crippen LogP contribution in [0.4, 0.5) is 11.9 Å². The molecule has 1 heterocycles. The zero-order chi connectivity index (χ0) is 16.8. The van der Waals surface area contributed by atoms with Crippen molar-refractivity contribution >= 4 is 23.5 Å². The number of aromatic nitrogens is 3. The number of halogens is 1. The van der Waals surface area contributed by atoms with Crippen molar-refractivity contribution in [2.75, 3.05) is 31.9 Å². The first-order valence-corrected chi connectivity index (χ1v) is 7.18. The van der Waals surface area contributed by atoms with Gasteiger partial charge in [0.05, 0.1) is 20.3 Å². The molecule has 1 aromatic heterocycles. The van der Waals surface area contributed by atoms with Gasteiger partial charge in [0, 0.05) is 6.07 Å². The van der Waals surface area contributed by atoms with Crippen molar-refractivity contribution in [1.29, 1.82) is 0 Å². The van der Waals surface area contributed by atoms with Crippen molar-refractivity contribution < 1.29 is 14.2 Å². The van der Waals surface area contributed by atoms with Gasteiger partial charge in [-0.15, -0.1) is 0 Å². The smallest absolute Gasteiger partial charge is 0.229 e. The maximum atomic E-state index is 5.74. The topological polar surface area (TPSA) is 104 Å².